The Hall–Kier alpha value is -2.64. The van der Waals surface area contributed by atoms with E-state index in [-0.39, 0.29) is 23.5 Å². The predicted octanol–water partition coefficient (Wildman–Crippen LogP) is 3.34. The predicted molar refractivity (Wildman–Crippen MR) is 97.7 cm³/mol. The Labute approximate surface area is 158 Å². The van der Waals surface area contributed by atoms with Crippen molar-refractivity contribution in [3.8, 4) is 0 Å². The van der Waals surface area contributed by atoms with Crippen molar-refractivity contribution in [3.63, 3.8) is 0 Å². The minimum Gasteiger partial charge on any atom is -0.469 e. The number of amides is 1. The fraction of sp³-hybridized carbons (Fsp3) is 0.579. The van der Waals surface area contributed by atoms with Gasteiger partial charge < -0.3 is 9.47 Å². The number of nitro groups is 1. The number of nitrogens with zero attached hydrogens (tertiary/aromatic N) is 2. The van der Waals surface area contributed by atoms with Crippen LogP contribution in [-0.4, -0.2) is 47.7 Å². The van der Waals surface area contributed by atoms with E-state index in [4.69, 9.17) is 4.74 Å². The second-order valence-corrected chi connectivity index (χ2v) is 6.68. The van der Waals surface area contributed by atoms with Crippen LogP contribution in [0.2, 0.25) is 0 Å². The number of ether oxygens (including phenoxy) is 2. The second-order valence-electron chi connectivity index (χ2n) is 6.68. The highest BCUT2D eigenvalue weighted by atomic mass is 16.6. The molecule has 1 amide bonds. The van der Waals surface area contributed by atoms with E-state index in [2.05, 4.69) is 4.74 Å². The zero-order valence-electron chi connectivity index (χ0n) is 15.7. The lowest BCUT2D eigenvalue weighted by molar-refractivity contribution is -0.530. The third-order valence-electron chi connectivity index (χ3n) is 4.97. The Balaban J connectivity index is 1.99. The lowest BCUT2D eigenvalue weighted by Crippen LogP contribution is -2.46. The van der Waals surface area contributed by atoms with Crippen molar-refractivity contribution in [1.29, 1.82) is 0 Å². The lowest BCUT2D eigenvalue weighted by atomic mass is 9.98. The monoisotopic (exact) mass is 378 g/mol. The number of methoxy groups -OCH3 is 1. The maximum absolute atomic E-state index is 12.2. The first-order valence-electron chi connectivity index (χ1n) is 9.16. The molecule has 0 saturated carbocycles. The van der Waals surface area contributed by atoms with E-state index in [1.54, 1.807) is 6.92 Å². The van der Waals surface area contributed by atoms with Crippen LogP contribution in [-0.2, 0) is 14.3 Å². The van der Waals surface area contributed by atoms with Gasteiger partial charge >= 0.3 is 12.1 Å². The van der Waals surface area contributed by atoms with Crippen molar-refractivity contribution < 1.29 is 24.0 Å². The largest absolute Gasteiger partial charge is 0.469 e. The molecular weight excluding hydrogens is 352 g/mol. The number of carbonyl (C=O) groups is 2. The van der Waals surface area contributed by atoms with Crippen molar-refractivity contribution in [1.82, 2.24) is 4.90 Å². The summed E-state index contributed by atoms with van der Waals surface area (Å²) in [5.41, 5.74) is 0.898. The normalized spacial score (nSPS) is 18.7. The molecule has 0 unspecified atom stereocenters. The smallest absolute Gasteiger partial charge is 0.410 e. The zero-order chi connectivity index (χ0) is 19.8. The Bertz CT molecular complexity index is 651. The standard InChI is InChI=1S/C19H26N2O6/c1-14(16(21(24)25)11-7-4-8-12-18(22)26-2)20-17(13-27-19(20)23)15-9-5-3-6-10-15/h3,5-6,9-10,14,16-17H,4,7-8,11-13H2,1-2H3/t14-,16-,17+/m0/s1. The van der Waals surface area contributed by atoms with Crippen molar-refractivity contribution in [2.45, 2.75) is 57.2 Å². The van der Waals surface area contributed by atoms with E-state index in [1.807, 2.05) is 30.3 Å². The fourth-order valence-corrected chi connectivity index (χ4v) is 3.42. The summed E-state index contributed by atoms with van der Waals surface area (Å²) in [5, 5.41) is 11.6. The number of esters is 1. The van der Waals surface area contributed by atoms with Crippen LogP contribution in [0.4, 0.5) is 4.79 Å². The molecule has 1 heterocycles. The first-order chi connectivity index (χ1) is 13.0. The van der Waals surface area contributed by atoms with Gasteiger partial charge in [-0.15, -0.1) is 0 Å². The van der Waals surface area contributed by atoms with Crippen LogP contribution in [0, 0.1) is 10.1 Å². The summed E-state index contributed by atoms with van der Waals surface area (Å²) in [6.07, 6.45) is 2.05. The maximum Gasteiger partial charge on any atom is 0.410 e. The molecule has 8 nitrogen and oxygen atoms in total. The van der Waals surface area contributed by atoms with E-state index in [1.165, 1.54) is 12.0 Å². The summed E-state index contributed by atoms with van der Waals surface area (Å²) < 4.78 is 9.76. The molecule has 2 rings (SSSR count). The van der Waals surface area contributed by atoms with Gasteiger partial charge in [-0.05, 0) is 25.3 Å². The highest BCUT2D eigenvalue weighted by Crippen LogP contribution is 2.31. The van der Waals surface area contributed by atoms with Crippen LogP contribution < -0.4 is 0 Å². The van der Waals surface area contributed by atoms with Gasteiger partial charge in [0.05, 0.1) is 13.2 Å². The molecule has 3 atom stereocenters. The molecule has 0 aromatic heterocycles. The molecule has 0 N–H and O–H groups in total. The number of rotatable bonds is 10. The summed E-state index contributed by atoms with van der Waals surface area (Å²) in [6, 6.07) is 7.58. The van der Waals surface area contributed by atoms with E-state index in [0.717, 1.165) is 5.56 Å². The van der Waals surface area contributed by atoms with Crippen LogP contribution in [0.3, 0.4) is 0 Å². The van der Waals surface area contributed by atoms with E-state index < -0.39 is 18.2 Å². The molecule has 1 saturated heterocycles. The molecule has 0 radical (unpaired) electrons. The quantitative estimate of drug-likeness (QED) is 0.268. The molecule has 0 spiro atoms. The maximum atomic E-state index is 12.2. The third kappa shape index (κ3) is 5.42. The molecule has 27 heavy (non-hydrogen) atoms. The number of carbonyl (C=O) groups excluding carboxylic acids is 2. The van der Waals surface area contributed by atoms with E-state index in [0.29, 0.717) is 32.1 Å². The molecule has 1 aliphatic heterocycles. The third-order valence-corrected chi connectivity index (χ3v) is 4.97. The molecular formula is C19H26N2O6. The SMILES string of the molecule is COC(=O)CCCCC[C@@H]([C@H](C)N1C(=O)OC[C@@H]1c1ccccc1)[N+](=O)[O-]. The molecule has 1 aromatic rings. The number of unbranched alkanes of at least 4 members (excludes halogenated alkanes) is 2. The average molecular weight is 378 g/mol. The minimum atomic E-state index is -0.889. The van der Waals surface area contributed by atoms with Crippen molar-refractivity contribution in [2.75, 3.05) is 13.7 Å². The molecule has 0 bridgehead atoms. The molecule has 1 aromatic carbocycles. The van der Waals surface area contributed by atoms with Gasteiger partial charge in [-0.25, -0.2) is 4.79 Å². The lowest BCUT2D eigenvalue weighted by Gasteiger charge is -2.29. The summed E-state index contributed by atoms with van der Waals surface area (Å²) in [7, 11) is 1.34. The fourth-order valence-electron chi connectivity index (χ4n) is 3.42. The summed E-state index contributed by atoms with van der Waals surface area (Å²) >= 11 is 0. The van der Waals surface area contributed by atoms with Crippen LogP contribution in [0.1, 0.15) is 50.6 Å². The number of hydrogen-bond acceptors (Lipinski definition) is 6. The number of cyclic esters (lactones) is 1. The molecule has 0 aliphatic carbocycles. The second kappa shape index (κ2) is 9.89. The van der Waals surface area contributed by atoms with Gasteiger partial charge in [-0.2, -0.15) is 0 Å². The van der Waals surface area contributed by atoms with Gasteiger partial charge in [0.15, 0.2) is 0 Å². The molecule has 148 valence electrons. The van der Waals surface area contributed by atoms with Gasteiger partial charge in [-0.1, -0.05) is 36.8 Å². The van der Waals surface area contributed by atoms with Crippen molar-refractivity contribution in [3.05, 3.63) is 46.0 Å². The van der Waals surface area contributed by atoms with Gasteiger partial charge in [0.1, 0.15) is 12.6 Å². The van der Waals surface area contributed by atoms with Crippen molar-refractivity contribution >= 4 is 12.1 Å². The van der Waals surface area contributed by atoms with E-state index in [9.17, 15) is 19.7 Å². The Morgan fingerprint density at radius 3 is 2.67 bits per heavy atom. The minimum absolute atomic E-state index is 0.191. The average Bonchev–Trinajstić information content (AvgIpc) is 3.05. The van der Waals surface area contributed by atoms with Gasteiger partial charge in [0.25, 0.3) is 0 Å². The zero-order valence-corrected chi connectivity index (χ0v) is 15.7. The summed E-state index contributed by atoms with van der Waals surface area (Å²) in [4.78, 5) is 36.1. The Kier molecular flexibility index (Phi) is 7.57. The first kappa shape index (κ1) is 20.7. The van der Waals surface area contributed by atoms with Gasteiger partial charge in [0.2, 0.25) is 6.04 Å². The number of hydrogen-bond donors (Lipinski definition) is 0. The van der Waals surface area contributed by atoms with Crippen molar-refractivity contribution in [2.24, 2.45) is 0 Å². The topological polar surface area (TPSA) is 99.0 Å². The molecule has 8 heteroatoms. The van der Waals surface area contributed by atoms with Gasteiger partial charge in [0, 0.05) is 17.8 Å². The summed E-state index contributed by atoms with van der Waals surface area (Å²) in [5.74, 6) is -0.278. The number of benzene rings is 1. The van der Waals surface area contributed by atoms with E-state index >= 15 is 0 Å². The Morgan fingerprint density at radius 2 is 2.04 bits per heavy atom. The first-order valence-corrected chi connectivity index (χ1v) is 9.16. The highest BCUT2D eigenvalue weighted by molar-refractivity contribution is 5.71. The molecule has 1 aliphatic rings. The highest BCUT2D eigenvalue weighted by Gasteiger charge is 2.43. The van der Waals surface area contributed by atoms with Crippen LogP contribution in [0.15, 0.2) is 30.3 Å². The van der Waals surface area contributed by atoms with Crippen LogP contribution in [0.25, 0.3) is 0 Å². The van der Waals surface area contributed by atoms with Gasteiger partial charge in [-0.3, -0.25) is 19.8 Å². The van der Waals surface area contributed by atoms with Crippen LogP contribution >= 0.6 is 0 Å². The Morgan fingerprint density at radius 1 is 1.33 bits per heavy atom. The summed E-state index contributed by atoms with van der Waals surface area (Å²) in [6.45, 7) is 1.89. The molecule has 1 fully saturated rings. The van der Waals surface area contributed by atoms with Crippen LogP contribution in [0.5, 0.6) is 0 Å².